The van der Waals surface area contributed by atoms with Gasteiger partial charge in [-0.05, 0) is 35.5 Å². The van der Waals surface area contributed by atoms with Gasteiger partial charge in [-0.15, -0.1) is 0 Å². The van der Waals surface area contributed by atoms with E-state index in [0.29, 0.717) is 0 Å². The van der Waals surface area contributed by atoms with E-state index >= 15 is 0 Å². The summed E-state index contributed by atoms with van der Waals surface area (Å²) >= 11 is 0. The molecule has 0 amide bonds. The van der Waals surface area contributed by atoms with Crippen molar-refractivity contribution in [3.8, 4) is 0 Å². The van der Waals surface area contributed by atoms with Crippen LogP contribution in [0, 0.1) is 35.5 Å². The van der Waals surface area contributed by atoms with Crippen molar-refractivity contribution in [3.63, 3.8) is 0 Å². The van der Waals surface area contributed by atoms with Gasteiger partial charge < -0.3 is 0 Å². The van der Waals surface area contributed by atoms with Crippen molar-refractivity contribution in [1.82, 2.24) is 0 Å². The summed E-state index contributed by atoms with van der Waals surface area (Å²) in [5.41, 5.74) is 0. The van der Waals surface area contributed by atoms with Crippen molar-refractivity contribution in [3.05, 3.63) is 0 Å². The molecule has 1 saturated carbocycles. The average Bonchev–Trinajstić information content (AvgIpc) is 2.28. The summed E-state index contributed by atoms with van der Waals surface area (Å²) in [6, 6.07) is 0. The van der Waals surface area contributed by atoms with Gasteiger partial charge in [0.15, 0.2) is 0 Å². The quantitative estimate of drug-likeness (QED) is 0.518. The molecule has 0 aromatic rings. The Morgan fingerprint density at radius 2 is 0.812 bits per heavy atom. The SMILES string of the molecule is CC1CCCCC(C)C(C)C(C)C(C)C1C. The van der Waals surface area contributed by atoms with Crippen LogP contribution >= 0.6 is 0 Å². The smallest absolute Gasteiger partial charge is 0.0386 e. The van der Waals surface area contributed by atoms with Crippen molar-refractivity contribution < 1.29 is 0 Å². The zero-order valence-electron chi connectivity index (χ0n) is 12.3. The Balaban J connectivity index is 2.73. The molecule has 16 heavy (non-hydrogen) atoms. The topological polar surface area (TPSA) is 0 Å². The molecule has 1 rings (SSSR count). The summed E-state index contributed by atoms with van der Waals surface area (Å²) in [7, 11) is 0. The molecule has 0 aromatic heterocycles. The highest BCUT2D eigenvalue weighted by molar-refractivity contribution is 4.79. The first kappa shape index (κ1) is 14.1. The third-order valence-electron chi connectivity index (χ3n) is 5.85. The highest BCUT2D eigenvalue weighted by Gasteiger charge is 2.30. The Morgan fingerprint density at radius 3 is 1.12 bits per heavy atom. The lowest BCUT2D eigenvalue weighted by Gasteiger charge is -2.37. The van der Waals surface area contributed by atoms with E-state index in [1.165, 1.54) is 25.7 Å². The van der Waals surface area contributed by atoms with Gasteiger partial charge in [0.1, 0.15) is 0 Å². The van der Waals surface area contributed by atoms with Crippen LogP contribution < -0.4 is 0 Å². The summed E-state index contributed by atoms with van der Waals surface area (Å²) in [5.74, 6) is 5.37. The van der Waals surface area contributed by atoms with Crippen LogP contribution in [0.3, 0.4) is 0 Å². The highest BCUT2D eigenvalue weighted by Crippen LogP contribution is 2.38. The Kier molecular flexibility index (Phi) is 5.34. The fourth-order valence-electron chi connectivity index (χ4n) is 3.45. The molecule has 96 valence electrons. The van der Waals surface area contributed by atoms with Gasteiger partial charge in [-0.1, -0.05) is 67.2 Å². The Labute approximate surface area is 103 Å². The zero-order chi connectivity index (χ0) is 12.3. The van der Waals surface area contributed by atoms with Gasteiger partial charge in [0, 0.05) is 0 Å². The Hall–Kier alpha value is 0. The molecular formula is C16H32. The first-order chi connectivity index (χ1) is 7.45. The third-order valence-corrected chi connectivity index (χ3v) is 5.85. The lowest BCUT2D eigenvalue weighted by Crippen LogP contribution is -2.30. The van der Waals surface area contributed by atoms with Crippen molar-refractivity contribution in [1.29, 1.82) is 0 Å². The number of hydrogen-bond acceptors (Lipinski definition) is 0. The van der Waals surface area contributed by atoms with Gasteiger partial charge in [0.2, 0.25) is 0 Å². The standard InChI is InChI=1S/C16H32/c1-11-9-7-8-10-12(2)14(4)16(6)15(5)13(11)3/h11-16H,7-10H2,1-6H3. The molecular weight excluding hydrogens is 192 g/mol. The van der Waals surface area contributed by atoms with Crippen molar-refractivity contribution in [2.45, 2.75) is 67.2 Å². The first-order valence-corrected chi connectivity index (χ1v) is 7.45. The second kappa shape index (κ2) is 6.07. The van der Waals surface area contributed by atoms with Crippen molar-refractivity contribution in [2.75, 3.05) is 0 Å². The van der Waals surface area contributed by atoms with E-state index in [4.69, 9.17) is 0 Å². The van der Waals surface area contributed by atoms with Gasteiger partial charge >= 0.3 is 0 Å². The zero-order valence-corrected chi connectivity index (χ0v) is 12.3. The van der Waals surface area contributed by atoms with Crippen LogP contribution in [0.1, 0.15) is 67.2 Å². The van der Waals surface area contributed by atoms with E-state index in [9.17, 15) is 0 Å². The molecule has 0 aliphatic heterocycles. The van der Waals surface area contributed by atoms with E-state index in [1.807, 2.05) is 0 Å². The molecule has 0 aromatic carbocycles. The fourth-order valence-corrected chi connectivity index (χ4v) is 3.45. The van der Waals surface area contributed by atoms with Crippen LogP contribution in [-0.4, -0.2) is 0 Å². The van der Waals surface area contributed by atoms with Crippen LogP contribution in [0.25, 0.3) is 0 Å². The Bertz CT molecular complexity index is 174. The number of hydrogen-bond donors (Lipinski definition) is 0. The van der Waals surface area contributed by atoms with Crippen LogP contribution in [0.4, 0.5) is 0 Å². The summed E-state index contributed by atoms with van der Waals surface area (Å²) in [5, 5.41) is 0. The van der Waals surface area contributed by atoms with E-state index in [1.54, 1.807) is 0 Å². The van der Waals surface area contributed by atoms with E-state index < -0.39 is 0 Å². The maximum Gasteiger partial charge on any atom is -0.0386 e. The van der Waals surface area contributed by atoms with Crippen LogP contribution in [0.15, 0.2) is 0 Å². The minimum absolute atomic E-state index is 0.880. The van der Waals surface area contributed by atoms with Gasteiger partial charge in [0.05, 0.1) is 0 Å². The second-order valence-electron chi connectivity index (χ2n) is 6.68. The first-order valence-electron chi connectivity index (χ1n) is 7.45. The summed E-state index contributed by atoms with van der Waals surface area (Å²) in [4.78, 5) is 0. The normalized spacial score (nSPS) is 47.6. The van der Waals surface area contributed by atoms with E-state index in [0.717, 1.165) is 35.5 Å². The molecule has 0 heterocycles. The maximum absolute atomic E-state index is 2.48. The molecule has 1 aliphatic rings. The fraction of sp³-hybridized carbons (Fsp3) is 1.00. The summed E-state index contributed by atoms with van der Waals surface area (Å²) < 4.78 is 0. The third kappa shape index (κ3) is 3.25. The summed E-state index contributed by atoms with van der Waals surface area (Å²) in [6.45, 7) is 14.8. The van der Waals surface area contributed by atoms with Gasteiger partial charge in [-0.25, -0.2) is 0 Å². The minimum atomic E-state index is 0.880. The largest absolute Gasteiger partial charge is 0.0622 e. The molecule has 0 heteroatoms. The molecule has 6 atom stereocenters. The lowest BCUT2D eigenvalue weighted by molar-refractivity contribution is 0.121. The maximum atomic E-state index is 2.48. The molecule has 0 bridgehead atoms. The van der Waals surface area contributed by atoms with E-state index in [2.05, 4.69) is 41.5 Å². The molecule has 0 spiro atoms. The van der Waals surface area contributed by atoms with Gasteiger partial charge in [-0.2, -0.15) is 0 Å². The molecule has 0 saturated heterocycles. The van der Waals surface area contributed by atoms with Crippen LogP contribution in [0.5, 0.6) is 0 Å². The summed E-state index contributed by atoms with van der Waals surface area (Å²) in [6.07, 6.45) is 5.78. The highest BCUT2D eigenvalue weighted by atomic mass is 14.4. The number of rotatable bonds is 0. The molecule has 6 unspecified atom stereocenters. The average molecular weight is 224 g/mol. The molecule has 0 radical (unpaired) electrons. The molecule has 1 aliphatic carbocycles. The second-order valence-corrected chi connectivity index (χ2v) is 6.68. The van der Waals surface area contributed by atoms with Gasteiger partial charge in [0.25, 0.3) is 0 Å². The predicted molar refractivity (Wildman–Crippen MR) is 73.5 cm³/mol. The Morgan fingerprint density at radius 1 is 0.500 bits per heavy atom. The monoisotopic (exact) mass is 224 g/mol. The molecule has 0 N–H and O–H groups in total. The predicted octanol–water partition coefficient (Wildman–Crippen LogP) is 5.38. The van der Waals surface area contributed by atoms with Crippen LogP contribution in [-0.2, 0) is 0 Å². The lowest BCUT2D eigenvalue weighted by atomic mass is 9.68. The minimum Gasteiger partial charge on any atom is -0.0622 e. The molecule has 0 nitrogen and oxygen atoms in total. The van der Waals surface area contributed by atoms with E-state index in [-0.39, 0.29) is 0 Å². The van der Waals surface area contributed by atoms with Gasteiger partial charge in [-0.3, -0.25) is 0 Å². The van der Waals surface area contributed by atoms with Crippen molar-refractivity contribution in [2.24, 2.45) is 35.5 Å². The van der Waals surface area contributed by atoms with Crippen molar-refractivity contribution >= 4 is 0 Å². The van der Waals surface area contributed by atoms with Crippen LogP contribution in [0.2, 0.25) is 0 Å². The molecule has 1 fully saturated rings.